The van der Waals surface area contributed by atoms with Crippen molar-refractivity contribution in [3.63, 3.8) is 0 Å². The van der Waals surface area contributed by atoms with Crippen LogP contribution in [0.4, 0.5) is 5.69 Å². The van der Waals surface area contributed by atoms with E-state index in [1.54, 1.807) is 43.3 Å². The molecule has 24 heavy (non-hydrogen) atoms. The lowest BCUT2D eigenvalue weighted by molar-refractivity contribution is -0.134. The first-order valence-corrected chi connectivity index (χ1v) is 7.63. The lowest BCUT2D eigenvalue weighted by atomic mass is 9.89. The fourth-order valence-corrected chi connectivity index (χ4v) is 2.71. The third-order valence-electron chi connectivity index (χ3n) is 4.11. The van der Waals surface area contributed by atoms with Gasteiger partial charge in [0.1, 0.15) is 0 Å². The number of Topliss-reactive ketones (excluding diaryl/α,β-unsaturated/α-hetero) is 1. The highest BCUT2D eigenvalue weighted by atomic mass is 16.6. The van der Waals surface area contributed by atoms with E-state index < -0.39 is 17.5 Å². The number of amides is 1. The van der Waals surface area contributed by atoms with Gasteiger partial charge in [-0.25, -0.2) is 4.79 Å². The van der Waals surface area contributed by atoms with Gasteiger partial charge in [0.05, 0.1) is 5.56 Å². The van der Waals surface area contributed by atoms with Gasteiger partial charge in [0, 0.05) is 17.7 Å². The Bertz CT molecular complexity index is 826. The quantitative estimate of drug-likeness (QED) is 0.696. The Labute approximate surface area is 139 Å². The van der Waals surface area contributed by atoms with Gasteiger partial charge >= 0.3 is 5.97 Å². The molecule has 2 aromatic rings. The summed E-state index contributed by atoms with van der Waals surface area (Å²) in [7, 11) is 0. The molecule has 0 fully saturated rings. The Hall–Kier alpha value is -2.95. The maximum atomic E-state index is 12.6. The molecule has 0 aliphatic carbocycles. The number of fused-ring (bicyclic) bond motifs is 1. The summed E-state index contributed by atoms with van der Waals surface area (Å²) in [5.41, 5.74) is 1.12. The Kier molecular flexibility index (Phi) is 3.93. The van der Waals surface area contributed by atoms with Gasteiger partial charge < -0.3 is 10.1 Å². The average Bonchev–Trinajstić information content (AvgIpc) is 2.55. The van der Waals surface area contributed by atoms with Crippen molar-refractivity contribution in [3.8, 4) is 0 Å². The monoisotopic (exact) mass is 323 g/mol. The molecule has 0 bridgehead atoms. The van der Waals surface area contributed by atoms with E-state index in [1.807, 2.05) is 12.1 Å². The largest absolute Gasteiger partial charge is 0.445 e. The van der Waals surface area contributed by atoms with Crippen LogP contribution in [0, 0.1) is 0 Å². The van der Waals surface area contributed by atoms with Crippen molar-refractivity contribution in [2.24, 2.45) is 0 Å². The highest BCUT2D eigenvalue weighted by Crippen LogP contribution is 2.29. The van der Waals surface area contributed by atoms with Gasteiger partial charge in [0.15, 0.2) is 11.4 Å². The van der Waals surface area contributed by atoms with Gasteiger partial charge in [-0.05, 0) is 49.7 Å². The minimum absolute atomic E-state index is 0.0438. The summed E-state index contributed by atoms with van der Waals surface area (Å²) in [6.45, 7) is 3.08. The average molecular weight is 323 g/mol. The summed E-state index contributed by atoms with van der Waals surface area (Å²) in [6.07, 6.45) is 0.312. The molecule has 0 aromatic heterocycles. The number of rotatable bonds is 3. The Morgan fingerprint density at radius 1 is 1.08 bits per heavy atom. The first-order valence-electron chi connectivity index (χ1n) is 7.63. The molecule has 0 saturated heterocycles. The minimum atomic E-state index is -1.27. The molecular weight excluding hydrogens is 306 g/mol. The zero-order valence-corrected chi connectivity index (χ0v) is 13.5. The van der Waals surface area contributed by atoms with Crippen LogP contribution in [0.1, 0.15) is 40.1 Å². The smallest absolute Gasteiger partial charge is 0.339 e. The molecule has 0 saturated carbocycles. The zero-order chi connectivity index (χ0) is 17.3. The molecule has 1 amide bonds. The predicted octanol–water partition coefficient (Wildman–Crippen LogP) is 3.00. The molecule has 1 unspecified atom stereocenters. The van der Waals surface area contributed by atoms with E-state index in [-0.39, 0.29) is 5.78 Å². The third kappa shape index (κ3) is 2.93. The van der Waals surface area contributed by atoms with E-state index in [9.17, 15) is 14.4 Å². The summed E-state index contributed by atoms with van der Waals surface area (Å²) < 4.78 is 5.39. The summed E-state index contributed by atoms with van der Waals surface area (Å²) in [5.74, 6) is -0.944. The molecule has 1 aliphatic rings. The molecule has 1 heterocycles. The third-order valence-corrected chi connectivity index (χ3v) is 4.11. The van der Waals surface area contributed by atoms with Crippen LogP contribution < -0.4 is 5.32 Å². The van der Waals surface area contributed by atoms with E-state index in [0.29, 0.717) is 23.2 Å². The highest BCUT2D eigenvalue weighted by molar-refractivity contribution is 6.02. The minimum Gasteiger partial charge on any atom is -0.445 e. The van der Waals surface area contributed by atoms with Crippen molar-refractivity contribution in [2.75, 3.05) is 5.32 Å². The lowest BCUT2D eigenvalue weighted by Gasteiger charge is -2.33. The Balaban J connectivity index is 1.80. The highest BCUT2D eigenvalue weighted by Gasteiger charge is 2.42. The van der Waals surface area contributed by atoms with Crippen molar-refractivity contribution in [1.82, 2.24) is 0 Å². The number of nitrogens with one attached hydrogen (secondary N) is 1. The Morgan fingerprint density at radius 3 is 2.42 bits per heavy atom. The number of esters is 1. The van der Waals surface area contributed by atoms with Crippen LogP contribution in [0.25, 0.3) is 0 Å². The number of carbonyl (C=O) groups excluding carboxylic acids is 3. The number of benzene rings is 2. The first kappa shape index (κ1) is 15.9. The molecule has 3 rings (SSSR count). The van der Waals surface area contributed by atoms with Crippen LogP contribution in [-0.4, -0.2) is 23.3 Å². The summed E-state index contributed by atoms with van der Waals surface area (Å²) in [4.78, 5) is 36.0. The number of ether oxygens (including phenoxy) is 1. The number of carbonyl (C=O) groups is 3. The van der Waals surface area contributed by atoms with Crippen LogP contribution in [0.3, 0.4) is 0 Å². The topological polar surface area (TPSA) is 72.5 Å². The molecule has 0 radical (unpaired) electrons. The molecule has 0 spiro atoms. The lowest BCUT2D eigenvalue weighted by Crippen LogP contribution is -2.48. The standard InChI is InChI=1S/C19H17NO4/c1-12(21)13-7-9-15(10-8-13)20-18(23)19(2)11-14-5-3-4-6-16(14)17(22)24-19/h3-10H,11H2,1-2H3,(H,20,23). The number of ketones is 1. The van der Waals surface area contributed by atoms with Gasteiger partial charge in [-0.15, -0.1) is 0 Å². The number of hydrogen-bond acceptors (Lipinski definition) is 4. The Morgan fingerprint density at radius 2 is 1.75 bits per heavy atom. The van der Waals surface area contributed by atoms with Crippen molar-refractivity contribution < 1.29 is 19.1 Å². The van der Waals surface area contributed by atoms with Crippen molar-refractivity contribution in [2.45, 2.75) is 25.9 Å². The zero-order valence-electron chi connectivity index (χ0n) is 13.5. The fraction of sp³-hybridized carbons (Fsp3) is 0.211. The summed E-state index contributed by atoms with van der Waals surface area (Å²) in [6, 6.07) is 13.7. The molecule has 5 heteroatoms. The molecule has 2 aromatic carbocycles. The molecular formula is C19H17NO4. The van der Waals surface area contributed by atoms with Gasteiger partial charge in [-0.1, -0.05) is 18.2 Å². The summed E-state index contributed by atoms with van der Waals surface area (Å²) >= 11 is 0. The van der Waals surface area contributed by atoms with E-state index in [1.165, 1.54) is 6.92 Å². The van der Waals surface area contributed by atoms with Crippen molar-refractivity contribution in [1.29, 1.82) is 0 Å². The number of anilines is 1. The van der Waals surface area contributed by atoms with Crippen LogP contribution in [-0.2, 0) is 16.0 Å². The molecule has 1 aliphatic heterocycles. The van der Waals surface area contributed by atoms with Crippen LogP contribution >= 0.6 is 0 Å². The van der Waals surface area contributed by atoms with Crippen molar-refractivity contribution in [3.05, 3.63) is 65.2 Å². The maximum Gasteiger partial charge on any atom is 0.339 e. The molecule has 1 N–H and O–H groups in total. The van der Waals surface area contributed by atoms with Crippen LogP contribution in [0.15, 0.2) is 48.5 Å². The van der Waals surface area contributed by atoms with Gasteiger partial charge in [0.25, 0.3) is 5.91 Å². The SMILES string of the molecule is CC(=O)c1ccc(NC(=O)C2(C)Cc3ccccc3C(=O)O2)cc1. The van der Waals surface area contributed by atoms with E-state index in [4.69, 9.17) is 4.74 Å². The number of hydrogen-bond donors (Lipinski definition) is 1. The molecule has 122 valence electrons. The summed E-state index contributed by atoms with van der Waals surface area (Å²) in [5, 5.41) is 2.74. The van der Waals surface area contributed by atoms with Gasteiger partial charge in [-0.3, -0.25) is 9.59 Å². The number of cyclic esters (lactones) is 1. The van der Waals surface area contributed by atoms with Crippen LogP contribution in [0.5, 0.6) is 0 Å². The molecule has 5 nitrogen and oxygen atoms in total. The second kappa shape index (κ2) is 5.92. The second-order valence-electron chi connectivity index (χ2n) is 6.04. The van der Waals surface area contributed by atoms with Gasteiger partial charge in [-0.2, -0.15) is 0 Å². The van der Waals surface area contributed by atoms with Gasteiger partial charge in [0.2, 0.25) is 0 Å². The van der Waals surface area contributed by atoms with Crippen LogP contribution in [0.2, 0.25) is 0 Å². The van der Waals surface area contributed by atoms with E-state index in [2.05, 4.69) is 5.32 Å². The van der Waals surface area contributed by atoms with Crippen molar-refractivity contribution >= 4 is 23.3 Å². The second-order valence-corrected chi connectivity index (χ2v) is 6.04. The normalized spacial score (nSPS) is 19.2. The fourth-order valence-electron chi connectivity index (χ4n) is 2.71. The van der Waals surface area contributed by atoms with E-state index >= 15 is 0 Å². The predicted molar refractivity (Wildman–Crippen MR) is 89.0 cm³/mol. The maximum absolute atomic E-state index is 12.6. The van der Waals surface area contributed by atoms with E-state index in [0.717, 1.165) is 5.56 Å². The first-order chi connectivity index (χ1) is 11.4. The molecule has 1 atom stereocenters.